The smallest absolute Gasteiger partial charge is 0.348 e. The minimum Gasteiger partial charge on any atom is -0.508 e. The molecule has 0 radical (unpaired) electrons. The van der Waals surface area contributed by atoms with E-state index in [1.54, 1.807) is 12.1 Å². The molecule has 0 aliphatic carbocycles. The third-order valence-electron chi connectivity index (χ3n) is 3.49. The molecule has 1 aromatic heterocycles. The van der Waals surface area contributed by atoms with Gasteiger partial charge >= 0.3 is 5.63 Å². The van der Waals surface area contributed by atoms with Crippen molar-refractivity contribution in [3.05, 3.63) is 34.7 Å². The lowest BCUT2D eigenvalue weighted by molar-refractivity contribution is 0.174. The Morgan fingerprint density at radius 2 is 2.05 bits per heavy atom. The maximum absolute atomic E-state index is 12.2. The molecule has 2 heterocycles. The maximum Gasteiger partial charge on any atom is 0.348 e. The second-order valence-corrected chi connectivity index (χ2v) is 4.63. The summed E-state index contributed by atoms with van der Waals surface area (Å²) in [5.41, 5.74) is -0.296. The van der Waals surface area contributed by atoms with Crippen LogP contribution in [0.2, 0.25) is 0 Å². The van der Waals surface area contributed by atoms with E-state index in [2.05, 4.69) is 0 Å². The van der Waals surface area contributed by atoms with Gasteiger partial charge < -0.3 is 23.7 Å². The second kappa shape index (κ2) is 4.05. The van der Waals surface area contributed by atoms with Crippen molar-refractivity contribution in [3.63, 3.8) is 0 Å². The van der Waals surface area contributed by atoms with Crippen molar-refractivity contribution < 1.29 is 23.7 Å². The molecule has 6 nitrogen and oxygen atoms in total. The number of hydrogen-bond donors (Lipinski definition) is 1. The summed E-state index contributed by atoms with van der Waals surface area (Å²) < 4.78 is 21.2. The predicted molar refractivity (Wildman–Crippen MR) is 74.3 cm³/mol. The summed E-state index contributed by atoms with van der Waals surface area (Å²) in [6.45, 7) is 0.0681. The van der Waals surface area contributed by atoms with Gasteiger partial charge in [0.25, 0.3) is 0 Å². The highest BCUT2D eigenvalue weighted by molar-refractivity contribution is 6.10. The molecule has 3 aromatic rings. The fourth-order valence-corrected chi connectivity index (χ4v) is 2.62. The van der Waals surface area contributed by atoms with E-state index in [1.807, 2.05) is 0 Å². The summed E-state index contributed by atoms with van der Waals surface area (Å²) in [6, 6.07) is 6.33. The number of hydrogen-bond acceptors (Lipinski definition) is 6. The van der Waals surface area contributed by atoms with Gasteiger partial charge in [0.05, 0.1) is 12.5 Å². The van der Waals surface area contributed by atoms with Crippen LogP contribution in [0, 0.1) is 0 Å². The molecule has 0 atom stereocenters. The average molecular weight is 286 g/mol. The van der Waals surface area contributed by atoms with Crippen LogP contribution in [0.1, 0.15) is 0 Å². The molecule has 4 rings (SSSR count). The van der Waals surface area contributed by atoms with Gasteiger partial charge in [-0.3, -0.25) is 0 Å². The van der Waals surface area contributed by atoms with Crippen LogP contribution in [0.5, 0.6) is 23.0 Å². The van der Waals surface area contributed by atoms with Crippen molar-refractivity contribution >= 4 is 21.7 Å². The molecule has 0 saturated heterocycles. The summed E-state index contributed by atoms with van der Waals surface area (Å²) in [4.78, 5) is 12.2. The Kier molecular flexibility index (Phi) is 2.29. The van der Waals surface area contributed by atoms with E-state index in [-0.39, 0.29) is 18.1 Å². The number of methoxy groups -OCH3 is 1. The van der Waals surface area contributed by atoms with Crippen molar-refractivity contribution in [2.45, 2.75) is 0 Å². The SMILES string of the molecule is COc1cc(O)cc2oc(=O)c3c4c(ccc3c12)OCO4. The minimum absolute atomic E-state index is 0.0393. The Labute approximate surface area is 118 Å². The summed E-state index contributed by atoms with van der Waals surface area (Å²) in [7, 11) is 1.48. The molecule has 1 N–H and O–H groups in total. The van der Waals surface area contributed by atoms with E-state index < -0.39 is 5.63 Å². The highest BCUT2D eigenvalue weighted by Gasteiger charge is 2.23. The molecule has 0 amide bonds. The molecule has 1 aliphatic heterocycles. The van der Waals surface area contributed by atoms with Gasteiger partial charge in [-0.05, 0) is 12.1 Å². The Morgan fingerprint density at radius 3 is 2.86 bits per heavy atom. The first-order chi connectivity index (χ1) is 10.2. The van der Waals surface area contributed by atoms with Crippen LogP contribution in [0.3, 0.4) is 0 Å². The topological polar surface area (TPSA) is 78.1 Å². The van der Waals surface area contributed by atoms with Crippen molar-refractivity contribution in [1.29, 1.82) is 0 Å². The van der Waals surface area contributed by atoms with Crippen LogP contribution >= 0.6 is 0 Å². The molecule has 6 heteroatoms. The largest absolute Gasteiger partial charge is 0.508 e. The van der Waals surface area contributed by atoms with Crippen LogP contribution < -0.4 is 19.8 Å². The predicted octanol–water partition coefficient (Wildman–Crippen LogP) is 2.39. The normalized spacial score (nSPS) is 13.0. The van der Waals surface area contributed by atoms with E-state index in [9.17, 15) is 9.90 Å². The van der Waals surface area contributed by atoms with Crippen molar-refractivity contribution in [2.24, 2.45) is 0 Å². The molecule has 2 aromatic carbocycles. The molecule has 0 bridgehead atoms. The minimum atomic E-state index is -0.549. The molecule has 21 heavy (non-hydrogen) atoms. The van der Waals surface area contributed by atoms with Gasteiger partial charge in [-0.1, -0.05) is 0 Å². The van der Waals surface area contributed by atoms with Gasteiger partial charge in [-0.15, -0.1) is 0 Å². The summed E-state index contributed by atoms with van der Waals surface area (Å²) in [5, 5.41) is 11.2. The standard InChI is InChI=1S/C15H10O6/c1-18-10-4-7(16)5-11-12(10)8-2-3-9-14(20-6-19-9)13(8)15(17)21-11/h2-5,16H,6H2,1H3. The van der Waals surface area contributed by atoms with Crippen molar-refractivity contribution in [1.82, 2.24) is 0 Å². The first-order valence-electron chi connectivity index (χ1n) is 6.25. The number of fused-ring (bicyclic) bond motifs is 5. The van der Waals surface area contributed by atoms with Gasteiger partial charge in [0.15, 0.2) is 11.5 Å². The number of benzene rings is 2. The zero-order valence-electron chi connectivity index (χ0n) is 11.0. The molecule has 0 fully saturated rings. The molecule has 1 aliphatic rings. The van der Waals surface area contributed by atoms with E-state index in [4.69, 9.17) is 18.6 Å². The number of phenols is 1. The summed E-state index contributed by atoms with van der Waals surface area (Å²) in [5.74, 6) is 1.25. The van der Waals surface area contributed by atoms with Crippen molar-refractivity contribution in [3.8, 4) is 23.0 Å². The Morgan fingerprint density at radius 1 is 1.19 bits per heavy atom. The summed E-state index contributed by atoms with van der Waals surface area (Å²) in [6.07, 6.45) is 0. The van der Waals surface area contributed by atoms with E-state index in [0.29, 0.717) is 33.4 Å². The van der Waals surface area contributed by atoms with Gasteiger partial charge in [0.1, 0.15) is 22.5 Å². The first kappa shape index (κ1) is 11.9. The highest BCUT2D eigenvalue weighted by Crippen LogP contribution is 2.42. The molecular formula is C15H10O6. The fourth-order valence-electron chi connectivity index (χ4n) is 2.62. The van der Waals surface area contributed by atoms with Crippen LogP contribution in [0.25, 0.3) is 21.7 Å². The first-order valence-corrected chi connectivity index (χ1v) is 6.25. The van der Waals surface area contributed by atoms with Crippen molar-refractivity contribution in [2.75, 3.05) is 13.9 Å². The Hall–Kier alpha value is -2.89. The zero-order valence-corrected chi connectivity index (χ0v) is 11.0. The summed E-state index contributed by atoms with van der Waals surface area (Å²) >= 11 is 0. The molecule has 0 spiro atoms. The fraction of sp³-hybridized carbons (Fsp3) is 0.133. The van der Waals surface area contributed by atoms with Crippen LogP contribution in [-0.2, 0) is 0 Å². The Balaban J connectivity index is 2.27. The Bertz CT molecular complexity index is 940. The zero-order chi connectivity index (χ0) is 14.6. The number of rotatable bonds is 1. The monoisotopic (exact) mass is 286 g/mol. The average Bonchev–Trinajstić information content (AvgIpc) is 2.93. The molecule has 0 saturated carbocycles. The highest BCUT2D eigenvalue weighted by atomic mass is 16.7. The van der Waals surface area contributed by atoms with Gasteiger partial charge in [0.2, 0.25) is 6.79 Å². The van der Waals surface area contributed by atoms with Gasteiger partial charge in [-0.25, -0.2) is 4.79 Å². The van der Waals surface area contributed by atoms with E-state index in [0.717, 1.165) is 0 Å². The lowest BCUT2D eigenvalue weighted by atomic mass is 10.1. The number of ether oxygens (including phenoxy) is 3. The molecule has 106 valence electrons. The third kappa shape index (κ3) is 1.56. The van der Waals surface area contributed by atoms with E-state index >= 15 is 0 Å². The van der Waals surface area contributed by atoms with Gasteiger partial charge in [-0.2, -0.15) is 0 Å². The van der Waals surface area contributed by atoms with E-state index in [1.165, 1.54) is 19.2 Å². The lowest BCUT2D eigenvalue weighted by Gasteiger charge is -2.09. The molecule has 0 unspecified atom stereocenters. The van der Waals surface area contributed by atoms with Crippen LogP contribution in [0.15, 0.2) is 33.5 Å². The third-order valence-corrected chi connectivity index (χ3v) is 3.49. The number of aromatic hydroxyl groups is 1. The quantitative estimate of drug-likeness (QED) is 0.546. The lowest BCUT2D eigenvalue weighted by Crippen LogP contribution is -2.02. The number of phenolic OH excluding ortho intramolecular Hbond substituents is 1. The van der Waals surface area contributed by atoms with Crippen LogP contribution in [0.4, 0.5) is 0 Å². The maximum atomic E-state index is 12.2. The molecular weight excluding hydrogens is 276 g/mol. The van der Waals surface area contributed by atoms with Crippen LogP contribution in [-0.4, -0.2) is 19.0 Å². The van der Waals surface area contributed by atoms with Gasteiger partial charge in [0, 0.05) is 17.5 Å². The second-order valence-electron chi connectivity index (χ2n) is 4.63.